The summed E-state index contributed by atoms with van der Waals surface area (Å²) in [6.45, 7) is 3.12. The van der Waals surface area contributed by atoms with E-state index in [9.17, 15) is 13.9 Å². The number of methoxy groups -OCH3 is 2. The molecule has 1 fully saturated rings. The van der Waals surface area contributed by atoms with Crippen LogP contribution in [0.2, 0.25) is 0 Å². The van der Waals surface area contributed by atoms with E-state index >= 15 is 0 Å². The molecule has 1 saturated heterocycles. The van der Waals surface area contributed by atoms with E-state index in [1.165, 1.54) is 20.4 Å². The minimum Gasteiger partial charge on any atom is -0.493 e. The van der Waals surface area contributed by atoms with Crippen molar-refractivity contribution < 1.29 is 23.4 Å². The molecule has 0 saturated carbocycles. The molecule has 8 nitrogen and oxygen atoms in total. The topological polar surface area (TPSA) is 107 Å². The fourth-order valence-corrected chi connectivity index (χ4v) is 3.84. The van der Waals surface area contributed by atoms with E-state index in [-0.39, 0.29) is 29.1 Å². The predicted molar refractivity (Wildman–Crippen MR) is 115 cm³/mol. The zero-order valence-electron chi connectivity index (χ0n) is 17.9. The highest BCUT2D eigenvalue weighted by atomic mass is 19.1. The number of aromatic nitrogens is 3. The highest BCUT2D eigenvalue weighted by Gasteiger charge is 2.26. The van der Waals surface area contributed by atoms with Crippen LogP contribution in [0.3, 0.4) is 0 Å². The summed E-state index contributed by atoms with van der Waals surface area (Å²) in [4.78, 5) is 4.17. The number of aliphatic hydroxyl groups excluding tert-OH is 1. The van der Waals surface area contributed by atoms with Crippen molar-refractivity contribution in [3.63, 3.8) is 0 Å². The lowest BCUT2D eigenvalue weighted by Crippen LogP contribution is -2.15. The number of anilines is 1. The Hall–Kier alpha value is -3.42. The first-order chi connectivity index (χ1) is 15.4. The van der Waals surface area contributed by atoms with Crippen LogP contribution in [0.25, 0.3) is 10.9 Å². The van der Waals surface area contributed by atoms with Gasteiger partial charge in [-0.05, 0) is 25.8 Å². The number of hydrogen-bond acceptors (Lipinski definition) is 7. The number of aliphatic hydroxyl groups is 1. The molecule has 168 valence electrons. The molecule has 0 amide bonds. The number of pyridine rings is 1. The van der Waals surface area contributed by atoms with Crippen molar-refractivity contribution in [1.29, 1.82) is 0 Å². The van der Waals surface area contributed by atoms with Crippen molar-refractivity contribution in [1.82, 2.24) is 20.1 Å². The minimum absolute atomic E-state index is 0.0118. The first kappa shape index (κ1) is 21.8. The number of nitrogens with one attached hydrogen (secondary N) is 1. The van der Waals surface area contributed by atoms with E-state index in [4.69, 9.17) is 15.2 Å². The smallest absolute Gasteiger partial charge is 0.183 e. The minimum atomic E-state index is -0.946. The monoisotopic (exact) mass is 443 g/mol. The number of nitrogen functional groups attached to an aromatic ring is 1. The van der Waals surface area contributed by atoms with Crippen molar-refractivity contribution in [3.8, 4) is 23.3 Å². The Morgan fingerprint density at radius 1 is 1.25 bits per heavy atom. The number of benzene rings is 1. The second-order valence-electron chi connectivity index (χ2n) is 7.47. The summed E-state index contributed by atoms with van der Waals surface area (Å²) < 4.78 is 41.2. The van der Waals surface area contributed by atoms with Gasteiger partial charge in [0.1, 0.15) is 17.1 Å². The van der Waals surface area contributed by atoms with Gasteiger partial charge in [0, 0.05) is 24.4 Å². The van der Waals surface area contributed by atoms with Crippen LogP contribution in [0.1, 0.15) is 42.3 Å². The number of hydrogen-bond donors (Lipinski definition) is 3. The number of halogens is 2. The standard InChI is InChI=1S/C22H23F2N5O3/c1-11(30)14-10-27-22(25)18-15(28-29(21(14)18)12-6-7-26-9-12)5-4-13-19(23)16(31-2)8-17(32-3)20(13)24/h8,10-12,26,30H,6-7,9H2,1-3H3,(H2,25,27). The Balaban J connectivity index is 1.95. The van der Waals surface area contributed by atoms with Gasteiger partial charge >= 0.3 is 0 Å². The second kappa shape index (κ2) is 8.61. The summed E-state index contributed by atoms with van der Waals surface area (Å²) in [5, 5.41) is 18.6. The molecule has 4 N–H and O–H groups in total. The molecule has 2 atom stereocenters. The normalized spacial score (nSPS) is 16.6. The molecule has 3 aromatic rings. The number of ether oxygens (including phenoxy) is 2. The SMILES string of the molecule is COc1cc(OC)c(F)c(C#Cc2nn(C3CCNC3)c3c(C(C)O)cnc(N)c23)c1F. The Morgan fingerprint density at radius 3 is 2.50 bits per heavy atom. The largest absolute Gasteiger partial charge is 0.493 e. The van der Waals surface area contributed by atoms with Crippen LogP contribution in [-0.2, 0) is 0 Å². The van der Waals surface area contributed by atoms with Crippen molar-refractivity contribution >= 4 is 16.7 Å². The Labute approximate surface area is 183 Å². The third-order valence-electron chi connectivity index (χ3n) is 5.49. The third-order valence-corrected chi connectivity index (χ3v) is 5.49. The molecule has 32 heavy (non-hydrogen) atoms. The molecule has 1 aromatic carbocycles. The lowest BCUT2D eigenvalue weighted by atomic mass is 10.1. The summed E-state index contributed by atoms with van der Waals surface area (Å²) >= 11 is 0. The molecule has 3 heterocycles. The maximum atomic E-state index is 14.7. The van der Waals surface area contributed by atoms with Gasteiger partial charge in [0.25, 0.3) is 0 Å². The van der Waals surface area contributed by atoms with Gasteiger partial charge in [0.2, 0.25) is 0 Å². The van der Waals surface area contributed by atoms with Gasteiger partial charge in [-0.25, -0.2) is 13.8 Å². The fourth-order valence-electron chi connectivity index (χ4n) is 3.84. The lowest BCUT2D eigenvalue weighted by Gasteiger charge is -2.14. The first-order valence-electron chi connectivity index (χ1n) is 10.0. The molecule has 2 unspecified atom stereocenters. The Bertz CT molecular complexity index is 1210. The van der Waals surface area contributed by atoms with Gasteiger partial charge in [0.15, 0.2) is 23.1 Å². The molecule has 0 bridgehead atoms. The number of rotatable bonds is 4. The van der Waals surface area contributed by atoms with Gasteiger partial charge in [-0.15, -0.1) is 0 Å². The summed E-state index contributed by atoms with van der Waals surface area (Å²) in [6.07, 6.45) is 1.50. The molecule has 2 aromatic heterocycles. The van der Waals surface area contributed by atoms with Crippen LogP contribution in [-0.4, -0.2) is 47.2 Å². The number of nitrogens with zero attached hydrogens (tertiary/aromatic N) is 3. The number of fused-ring (bicyclic) bond motifs is 1. The summed E-state index contributed by atoms with van der Waals surface area (Å²) in [5.41, 5.74) is 6.99. The van der Waals surface area contributed by atoms with Crippen molar-refractivity contribution in [2.45, 2.75) is 25.5 Å². The van der Waals surface area contributed by atoms with Crippen molar-refractivity contribution in [2.75, 3.05) is 33.0 Å². The highest BCUT2D eigenvalue weighted by molar-refractivity contribution is 5.95. The molecule has 4 rings (SSSR count). The van der Waals surface area contributed by atoms with Crippen molar-refractivity contribution in [2.24, 2.45) is 0 Å². The highest BCUT2D eigenvalue weighted by Crippen LogP contribution is 2.34. The quantitative estimate of drug-likeness (QED) is 0.531. The maximum Gasteiger partial charge on any atom is 0.183 e. The van der Waals surface area contributed by atoms with Crippen LogP contribution in [0.4, 0.5) is 14.6 Å². The first-order valence-corrected chi connectivity index (χ1v) is 10.0. The van der Waals surface area contributed by atoms with Gasteiger partial charge < -0.3 is 25.6 Å². The van der Waals surface area contributed by atoms with E-state index in [2.05, 4.69) is 27.2 Å². The molecule has 0 aliphatic carbocycles. The van der Waals surface area contributed by atoms with Gasteiger partial charge in [0.05, 0.1) is 37.3 Å². The van der Waals surface area contributed by atoms with Gasteiger partial charge in [-0.3, -0.25) is 4.68 Å². The van der Waals surface area contributed by atoms with E-state index in [1.807, 2.05) is 0 Å². The molecule has 1 aliphatic heterocycles. The molecule has 0 radical (unpaired) electrons. The molecule has 1 aliphatic rings. The van der Waals surface area contributed by atoms with Crippen LogP contribution in [0.5, 0.6) is 11.5 Å². The summed E-state index contributed by atoms with van der Waals surface area (Å²) in [7, 11) is 2.53. The summed E-state index contributed by atoms with van der Waals surface area (Å²) in [5.74, 6) is 3.14. The van der Waals surface area contributed by atoms with E-state index in [0.717, 1.165) is 19.0 Å². The van der Waals surface area contributed by atoms with Crippen molar-refractivity contribution in [3.05, 3.63) is 40.7 Å². The number of nitrogens with two attached hydrogens (primary N) is 1. The van der Waals surface area contributed by atoms with Crippen LogP contribution in [0, 0.1) is 23.5 Å². The van der Waals surface area contributed by atoms with E-state index in [0.29, 0.717) is 23.0 Å². The van der Waals surface area contributed by atoms with Gasteiger partial charge in [-0.1, -0.05) is 5.92 Å². The maximum absolute atomic E-state index is 14.7. The van der Waals surface area contributed by atoms with Crippen LogP contribution < -0.4 is 20.5 Å². The van der Waals surface area contributed by atoms with E-state index in [1.54, 1.807) is 11.6 Å². The third kappa shape index (κ3) is 3.59. The average molecular weight is 443 g/mol. The van der Waals surface area contributed by atoms with Crippen LogP contribution >= 0.6 is 0 Å². The fraction of sp³-hybridized carbons (Fsp3) is 0.364. The Morgan fingerprint density at radius 2 is 1.94 bits per heavy atom. The predicted octanol–water partition coefficient (Wildman–Crippen LogP) is 2.30. The second-order valence-corrected chi connectivity index (χ2v) is 7.47. The van der Waals surface area contributed by atoms with E-state index < -0.39 is 23.3 Å². The summed E-state index contributed by atoms with van der Waals surface area (Å²) in [6, 6.07) is 1.13. The molecule has 10 heteroatoms. The lowest BCUT2D eigenvalue weighted by molar-refractivity contribution is 0.200. The van der Waals surface area contributed by atoms with Gasteiger partial charge in [-0.2, -0.15) is 5.10 Å². The molecular weight excluding hydrogens is 420 g/mol. The van der Waals surface area contributed by atoms with Crippen LogP contribution in [0.15, 0.2) is 12.3 Å². The molecular formula is C22H23F2N5O3. The Kier molecular flexibility index (Phi) is 5.86. The zero-order chi connectivity index (χ0) is 23.0. The average Bonchev–Trinajstić information content (AvgIpc) is 3.42. The zero-order valence-corrected chi connectivity index (χ0v) is 17.9. The molecule has 0 spiro atoms.